The van der Waals surface area contributed by atoms with Crippen LogP contribution in [0.25, 0.3) is 0 Å². The summed E-state index contributed by atoms with van der Waals surface area (Å²) in [5, 5.41) is 0. The Labute approximate surface area is 81.8 Å². The maximum Gasteiger partial charge on any atom is 0.103 e. The van der Waals surface area contributed by atoms with Gasteiger partial charge in [-0.15, -0.1) is 0 Å². The van der Waals surface area contributed by atoms with Crippen LogP contribution in [0.1, 0.15) is 19.8 Å². The second kappa shape index (κ2) is 4.77. The number of quaternary nitrogens is 1. The van der Waals surface area contributed by atoms with Gasteiger partial charge in [-0.3, -0.25) is 0 Å². The van der Waals surface area contributed by atoms with Gasteiger partial charge in [0.05, 0.1) is 26.2 Å². The Bertz CT molecular complexity index is 171. The summed E-state index contributed by atoms with van der Waals surface area (Å²) in [6.07, 6.45) is 2.74. The maximum absolute atomic E-state index is 5.17. The number of nitrogens with zero attached hydrogens (tertiary/aromatic N) is 1. The summed E-state index contributed by atoms with van der Waals surface area (Å²) >= 11 is 0. The Hall–Kier alpha value is -0.340. The summed E-state index contributed by atoms with van der Waals surface area (Å²) < 4.78 is 6.38. The van der Waals surface area contributed by atoms with Crippen molar-refractivity contribution in [2.24, 2.45) is 0 Å². The van der Waals surface area contributed by atoms with Gasteiger partial charge in [-0.2, -0.15) is 0 Å². The van der Waals surface area contributed by atoms with E-state index >= 15 is 0 Å². The van der Waals surface area contributed by atoms with Crippen LogP contribution >= 0.6 is 0 Å². The number of hydrogen-bond acceptors (Lipinski definition) is 1. The topological polar surface area (TPSA) is 9.23 Å². The van der Waals surface area contributed by atoms with Crippen LogP contribution in [0.4, 0.5) is 0 Å². The fourth-order valence-corrected chi connectivity index (χ4v) is 2.32. The summed E-state index contributed by atoms with van der Waals surface area (Å²) in [5.41, 5.74) is 1.30. The monoisotopic (exact) mass is 184 g/mol. The number of rotatable bonds is 5. The number of ether oxygens (including phenoxy) is 1. The van der Waals surface area contributed by atoms with Crippen molar-refractivity contribution in [3.63, 3.8) is 0 Å². The van der Waals surface area contributed by atoms with Gasteiger partial charge in [0.1, 0.15) is 6.54 Å². The minimum Gasteiger partial charge on any atom is -0.379 e. The first-order valence-corrected chi connectivity index (χ1v) is 5.17. The zero-order valence-corrected chi connectivity index (χ0v) is 9.01. The largest absolute Gasteiger partial charge is 0.379 e. The smallest absolute Gasteiger partial charge is 0.103 e. The van der Waals surface area contributed by atoms with Crippen LogP contribution in [-0.4, -0.2) is 44.4 Å². The molecule has 0 amide bonds. The van der Waals surface area contributed by atoms with Gasteiger partial charge < -0.3 is 9.22 Å². The van der Waals surface area contributed by atoms with Crippen LogP contribution in [0.15, 0.2) is 12.2 Å². The number of methoxy groups -OCH3 is 1. The quantitative estimate of drug-likeness (QED) is 0.468. The zero-order chi connectivity index (χ0) is 9.73. The van der Waals surface area contributed by atoms with Gasteiger partial charge in [-0.25, -0.2) is 0 Å². The van der Waals surface area contributed by atoms with Crippen LogP contribution in [-0.2, 0) is 4.74 Å². The summed E-state index contributed by atoms with van der Waals surface area (Å²) in [6.45, 7) is 12.0. The highest BCUT2D eigenvalue weighted by Crippen LogP contribution is 2.20. The first kappa shape index (κ1) is 10.7. The van der Waals surface area contributed by atoms with Gasteiger partial charge in [0, 0.05) is 20.0 Å². The normalized spacial score (nSPS) is 20.5. The fourth-order valence-electron chi connectivity index (χ4n) is 2.32. The molecule has 1 rings (SSSR count). The van der Waals surface area contributed by atoms with E-state index in [0.29, 0.717) is 0 Å². The molecule has 1 heterocycles. The molecule has 0 aromatic rings. The van der Waals surface area contributed by atoms with Crippen molar-refractivity contribution in [2.75, 3.05) is 39.9 Å². The van der Waals surface area contributed by atoms with Gasteiger partial charge in [-0.05, 0) is 12.5 Å². The highest BCUT2D eigenvalue weighted by Gasteiger charge is 2.31. The average molecular weight is 184 g/mol. The van der Waals surface area contributed by atoms with E-state index in [0.717, 1.165) is 19.7 Å². The van der Waals surface area contributed by atoms with Gasteiger partial charge in [0.25, 0.3) is 0 Å². The first-order chi connectivity index (χ1) is 6.18. The highest BCUT2D eigenvalue weighted by molar-refractivity contribution is 4.88. The van der Waals surface area contributed by atoms with Crippen molar-refractivity contribution in [1.29, 1.82) is 0 Å². The van der Waals surface area contributed by atoms with Gasteiger partial charge >= 0.3 is 0 Å². The Balaban J connectivity index is 2.47. The van der Waals surface area contributed by atoms with E-state index in [1.165, 1.54) is 36.0 Å². The molecule has 0 N–H and O–H groups in total. The molecule has 0 aliphatic carbocycles. The number of likely N-dealkylation sites (tertiary alicyclic amines) is 1. The molecule has 0 aromatic heterocycles. The molecule has 1 saturated heterocycles. The molecule has 0 atom stereocenters. The van der Waals surface area contributed by atoms with Crippen molar-refractivity contribution in [3.05, 3.63) is 12.2 Å². The fraction of sp³-hybridized carbons (Fsp3) is 0.818. The second-order valence-corrected chi connectivity index (χ2v) is 4.33. The third kappa shape index (κ3) is 3.12. The third-order valence-electron chi connectivity index (χ3n) is 2.89. The highest BCUT2D eigenvalue weighted by atomic mass is 16.5. The van der Waals surface area contributed by atoms with E-state index in [1.54, 1.807) is 7.11 Å². The van der Waals surface area contributed by atoms with E-state index in [4.69, 9.17) is 4.74 Å². The SMILES string of the molecule is C=C(C)C[N+]1(CCOC)CCCC1. The summed E-state index contributed by atoms with van der Waals surface area (Å²) in [6, 6.07) is 0. The van der Waals surface area contributed by atoms with Crippen molar-refractivity contribution in [2.45, 2.75) is 19.8 Å². The lowest BCUT2D eigenvalue weighted by Gasteiger charge is -2.34. The lowest BCUT2D eigenvalue weighted by atomic mass is 10.2. The van der Waals surface area contributed by atoms with Gasteiger partial charge in [-0.1, -0.05) is 6.58 Å². The van der Waals surface area contributed by atoms with Crippen molar-refractivity contribution in [3.8, 4) is 0 Å². The zero-order valence-electron chi connectivity index (χ0n) is 9.01. The van der Waals surface area contributed by atoms with Crippen LogP contribution < -0.4 is 0 Å². The van der Waals surface area contributed by atoms with E-state index in [-0.39, 0.29) is 0 Å². The molecule has 0 saturated carbocycles. The minimum absolute atomic E-state index is 0.882. The molecule has 1 fully saturated rings. The molecule has 13 heavy (non-hydrogen) atoms. The molecule has 0 unspecified atom stereocenters. The van der Waals surface area contributed by atoms with E-state index < -0.39 is 0 Å². The van der Waals surface area contributed by atoms with Crippen molar-refractivity contribution >= 4 is 0 Å². The molecule has 0 bridgehead atoms. The van der Waals surface area contributed by atoms with Crippen molar-refractivity contribution in [1.82, 2.24) is 0 Å². The van der Waals surface area contributed by atoms with E-state index in [2.05, 4.69) is 13.5 Å². The molecular formula is C11H22NO+. The minimum atomic E-state index is 0.882. The van der Waals surface area contributed by atoms with Crippen molar-refractivity contribution < 1.29 is 9.22 Å². The molecule has 0 radical (unpaired) electrons. The van der Waals surface area contributed by atoms with E-state index in [9.17, 15) is 0 Å². The van der Waals surface area contributed by atoms with Crippen LogP contribution in [0.2, 0.25) is 0 Å². The molecule has 0 aromatic carbocycles. The van der Waals surface area contributed by atoms with Gasteiger partial charge in [0.15, 0.2) is 0 Å². The van der Waals surface area contributed by atoms with Crippen LogP contribution in [0, 0.1) is 0 Å². The Morgan fingerprint density at radius 2 is 2.00 bits per heavy atom. The third-order valence-corrected chi connectivity index (χ3v) is 2.89. The predicted octanol–water partition coefficient (Wildman–Crippen LogP) is 1.82. The molecule has 1 aliphatic rings. The molecule has 0 spiro atoms. The summed E-state index contributed by atoms with van der Waals surface area (Å²) in [5.74, 6) is 0. The van der Waals surface area contributed by atoms with E-state index in [1.807, 2.05) is 0 Å². The predicted molar refractivity (Wildman–Crippen MR) is 55.7 cm³/mol. The second-order valence-electron chi connectivity index (χ2n) is 4.33. The van der Waals surface area contributed by atoms with Crippen LogP contribution in [0.3, 0.4) is 0 Å². The Morgan fingerprint density at radius 1 is 1.38 bits per heavy atom. The lowest BCUT2D eigenvalue weighted by Crippen LogP contribution is -2.48. The summed E-state index contributed by atoms with van der Waals surface area (Å²) in [4.78, 5) is 0. The molecular weight excluding hydrogens is 162 g/mol. The average Bonchev–Trinajstić information content (AvgIpc) is 2.49. The van der Waals surface area contributed by atoms with Gasteiger partial charge in [0.2, 0.25) is 0 Å². The molecule has 2 nitrogen and oxygen atoms in total. The maximum atomic E-state index is 5.17. The first-order valence-electron chi connectivity index (χ1n) is 5.17. The van der Waals surface area contributed by atoms with Crippen LogP contribution in [0.5, 0.6) is 0 Å². The molecule has 2 heteroatoms. The molecule has 76 valence electrons. The Kier molecular flexibility index (Phi) is 3.94. The standard InChI is InChI=1S/C11H22NO/c1-11(2)10-12(8-9-13-3)6-4-5-7-12/h1,4-10H2,2-3H3/q+1. The summed E-state index contributed by atoms with van der Waals surface area (Å²) in [7, 11) is 1.79. The lowest BCUT2D eigenvalue weighted by molar-refractivity contribution is -0.912. The molecule has 1 aliphatic heterocycles. The number of hydrogen-bond donors (Lipinski definition) is 0. The Morgan fingerprint density at radius 3 is 2.46 bits per heavy atom.